The number of nitrogens with two attached hydrogens (primary N) is 1. The summed E-state index contributed by atoms with van der Waals surface area (Å²) in [5, 5.41) is 11.6. The molecule has 3 heterocycles. The third kappa shape index (κ3) is 5.62. The zero-order valence-electron chi connectivity index (χ0n) is 21.1. The lowest BCUT2D eigenvalue weighted by Crippen LogP contribution is -2.55. The molecule has 1 fully saturated rings. The highest BCUT2D eigenvalue weighted by Gasteiger charge is 2.25. The van der Waals surface area contributed by atoms with Crippen molar-refractivity contribution in [3.8, 4) is 28.3 Å². The summed E-state index contributed by atoms with van der Waals surface area (Å²) in [5.41, 5.74) is 10.4. The zero-order chi connectivity index (χ0) is 25.9. The number of rotatable bonds is 6. The minimum absolute atomic E-state index is 0.0377. The van der Waals surface area contributed by atoms with E-state index in [1.54, 1.807) is 6.20 Å². The Morgan fingerprint density at radius 1 is 1.03 bits per heavy atom. The number of nitrogens with one attached hydrogen (secondary N) is 1. The first-order valence-corrected chi connectivity index (χ1v) is 12.3. The molecule has 190 valence electrons. The average molecular weight is 499 g/mol. The van der Waals surface area contributed by atoms with Crippen molar-refractivity contribution in [2.24, 2.45) is 0 Å². The van der Waals surface area contributed by atoms with Crippen LogP contribution in [0.25, 0.3) is 22.6 Å². The number of hydrogen-bond acceptors (Lipinski definition) is 8. The van der Waals surface area contributed by atoms with Crippen LogP contribution in [0.4, 0.5) is 5.82 Å². The summed E-state index contributed by atoms with van der Waals surface area (Å²) in [6.07, 6.45) is 1.68. The fraction of sp³-hybridized carbons (Fsp3) is 0.286. The molecule has 2 aromatic carbocycles. The van der Waals surface area contributed by atoms with Crippen molar-refractivity contribution in [2.45, 2.75) is 39.5 Å². The van der Waals surface area contributed by atoms with Crippen LogP contribution in [0, 0.1) is 6.92 Å². The standard InChI is InChI=1S/C28H30N6O3/c1-17-4-6-21(7-5-17)27-33-32-25(37-27)16-36-24-12-23(13-30-26(24)29)20-8-10-22(11-9-20)28(35)34-14-18(2)31-19(3)15-34/h4-13,18-19,31H,14-16H2,1-3H3,(H2,29,30). The van der Waals surface area contributed by atoms with Crippen LogP contribution in [0.5, 0.6) is 5.75 Å². The number of nitrogen functional groups attached to an aromatic ring is 1. The van der Waals surface area contributed by atoms with Gasteiger partial charge in [0, 0.05) is 48.1 Å². The van der Waals surface area contributed by atoms with E-state index in [0.717, 1.165) is 22.3 Å². The van der Waals surface area contributed by atoms with Gasteiger partial charge in [-0.3, -0.25) is 4.79 Å². The second-order valence-electron chi connectivity index (χ2n) is 9.52. The molecule has 5 rings (SSSR count). The van der Waals surface area contributed by atoms with Crippen molar-refractivity contribution < 1.29 is 13.9 Å². The predicted molar refractivity (Wildman–Crippen MR) is 141 cm³/mol. The Hall–Kier alpha value is -4.24. The van der Waals surface area contributed by atoms with Crippen LogP contribution in [0.3, 0.4) is 0 Å². The van der Waals surface area contributed by atoms with Gasteiger partial charge in [0.05, 0.1) is 0 Å². The number of pyridine rings is 1. The van der Waals surface area contributed by atoms with E-state index in [0.29, 0.717) is 36.2 Å². The van der Waals surface area contributed by atoms with Gasteiger partial charge in [-0.25, -0.2) is 4.98 Å². The largest absolute Gasteiger partial charge is 0.480 e. The lowest BCUT2D eigenvalue weighted by Gasteiger charge is -2.36. The molecule has 2 atom stereocenters. The number of anilines is 1. The van der Waals surface area contributed by atoms with Gasteiger partial charge in [0.15, 0.2) is 18.2 Å². The van der Waals surface area contributed by atoms with Crippen LogP contribution >= 0.6 is 0 Å². The Morgan fingerprint density at radius 3 is 2.41 bits per heavy atom. The molecule has 0 radical (unpaired) electrons. The molecule has 2 aromatic heterocycles. The molecule has 1 aliphatic heterocycles. The first-order valence-electron chi connectivity index (χ1n) is 12.3. The number of ether oxygens (including phenoxy) is 1. The quantitative estimate of drug-likeness (QED) is 0.408. The van der Waals surface area contributed by atoms with Crippen LogP contribution in [0.15, 0.2) is 65.2 Å². The summed E-state index contributed by atoms with van der Waals surface area (Å²) >= 11 is 0. The first kappa shape index (κ1) is 24.5. The molecule has 0 aliphatic carbocycles. The lowest BCUT2D eigenvalue weighted by atomic mass is 10.0. The summed E-state index contributed by atoms with van der Waals surface area (Å²) in [4.78, 5) is 19.2. The Kier molecular flexibility index (Phi) is 6.87. The predicted octanol–water partition coefficient (Wildman–Crippen LogP) is 4.09. The van der Waals surface area contributed by atoms with Gasteiger partial charge in [-0.15, -0.1) is 10.2 Å². The topological polar surface area (TPSA) is 119 Å². The summed E-state index contributed by atoms with van der Waals surface area (Å²) < 4.78 is 11.6. The Bertz CT molecular complexity index is 1370. The molecule has 0 saturated carbocycles. The monoisotopic (exact) mass is 498 g/mol. The summed E-state index contributed by atoms with van der Waals surface area (Å²) in [7, 11) is 0. The van der Waals surface area contributed by atoms with E-state index in [1.807, 2.05) is 66.4 Å². The van der Waals surface area contributed by atoms with Crippen molar-refractivity contribution in [1.29, 1.82) is 0 Å². The van der Waals surface area contributed by atoms with E-state index in [4.69, 9.17) is 14.9 Å². The minimum Gasteiger partial charge on any atom is -0.480 e. The number of amides is 1. The third-order valence-electron chi connectivity index (χ3n) is 6.31. The molecule has 0 spiro atoms. The minimum atomic E-state index is 0.0377. The smallest absolute Gasteiger partial charge is 0.254 e. The fourth-order valence-corrected chi connectivity index (χ4v) is 4.47. The van der Waals surface area contributed by atoms with E-state index in [-0.39, 0.29) is 30.4 Å². The SMILES string of the molecule is Cc1ccc(-c2nnc(COc3cc(-c4ccc(C(=O)N5CC(C)NC(C)C5)cc4)cnc3N)o2)cc1. The molecule has 37 heavy (non-hydrogen) atoms. The van der Waals surface area contributed by atoms with Crippen LogP contribution in [0.2, 0.25) is 0 Å². The number of hydrogen-bond donors (Lipinski definition) is 2. The van der Waals surface area contributed by atoms with Crippen LogP contribution in [0.1, 0.15) is 35.7 Å². The molecule has 9 heteroatoms. The van der Waals surface area contributed by atoms with Crippen molar-refractivity contribution >= 4 is 11.7 Å². The van der Waals surface area contributed by atoms with Gasteiger partial charge in [-0.05, 0) is 56.7 Å². The number of carbonyl (C=O) groups is 1. The van der Waals surface area contributed by atoms with Crippen LogP contribution in [-0.4, -0.2) is 51.2 Å². The number of aryl methyl sites for hydroxylation is 1. The van der Waals surface area contributed by atoms with E-state index in [9.17, 15) is 4.79 Å². The van der Waals surface area contributed by atoms with Gasteiger partial charge >= 0.3 is 0 Å². The molecule has 1 amide bonds. The van der Waals surface area contributed by atoms with Crippen molar-refractivity contribution in [2.75, 3.05) is 18.8 Å². The highest BCUT2D eigenvalue weighted by Crippen LogP contribution is 2.28. The molecule has 0 bridgehead atoms. The van der Waals surface area contributed by atoms with Crippen LogP contribution < -0.4 is 15.8 Å². The Labute approximate surface area is 215 Å². The van der Waals surface area contributed by atoms with Crippen molar-refractivity contribution in [3.63, 3.8) is 0 Å². The molecule has 9 nitrogen and oxygen atoms in total. The maximum atomic E-state index is 13.0. The Morgan fingerprint density at radius 2 is 1.70 bits per heavy atom. The van der Waals surface area contributed by atoms with Gasteiger partial charge in [0.1, 0.15) is 0 Å². The average Bonchev–Trinajstić information content (AvgIpc) is 3.37. The van der Waals surface area contributed by atoms with Crippen molar-refractivity contribution in [1.82, 2.24) is 25.4 Å². The van der Waals surface area contributed by atoms with Gasteiger partial charge < -0.3 is 25.1 Å². The summed E-state index contributed by atoms with van der Waals surface area (Å²) in [5.74, 6) is 1.47. The maximum absolute atomic E-state index is 13.0. The Balaban J connectivity index is 1.26. The number of piperazine rings is 1. The highest BCUT2D eigenvalue weighted by molar-refractivity contribution is 5.95. The molecule has 4 aromatic rings. The molecule has 1 saturated heterocycles. The number of carbonyl (C=O) groups excluding carboxylic acids is 1. The first-order chi connectivity index (χ1) is 17.9. The fourth-order valence-electron chi connectivity index (χ4n) is 4.47. The highest BCUT2D eigenvalue weighted by atomic mass is 16.5. The summed E-state index contributed by atoms with van der Waals surface area (Å²) in [6, 6.07) is 17.7. The molecular weight excluding hydrogens is 468 g/mol. The number of benzene rings is 2. The number of nitrogens with zero attached hydrogens (tertiary/aromatic N) is 4. The molecule has 2 unspecified atom stereocenters. The van der Waals surface area contributed by atoms with Crippen LogP contribution in [-0.2, 0) is 6.61 Å². The zero-order valence-corrected chi connectivity index (χ0v) is 21.1. The molecule has 1 aliphatic rings. The van der Waals surface area contributed by atoms with E-state index in [1.165, 1.54) is 0 Å². The number of aromatic nitrogens is 3. The van der Waals surface area contributed by atoms with Gasteiger partial charge in [0.25, 0.3) is 11.8 Å². The van der Waals surface area contributed by atoms with Gasteiger partial charge in [-0.1, -0.05) is 29.8 Å². The molecular formula is C28H30N6O3. The molecule has 3 N–H and O–H groups in total. The van der Waals surface area contributed by atoms with E-state index in [2.05, 4.69) is 34.3 Å². The van der Waals surface area contributed by atoms with Crippen molar-refractivity contribution in [3.05, 3.63) is 77.8 Å². The van der Waals surface area contributed by atoms with E-state index >= 15 is 0 Å². The summed E-state index contributed by atoms with van der Waals surface area (Å²) in [6.45, 7) is 7.65. The maximum Gasteiger partial charge on any atom is 0.254 e. The van der Waals surface area contributed by atoms with Gasteiger partial charge in [0.2, 0.25) is 5.89 Å². The normalized spacial score (nSPS) is 17.5. The lowest BCUT2D eigenvalue weighted by molar-refractivity contribution is 0.0674. The van der Waals surface area contributed by atoms with E-state index < -0.39 is 0 Å². The second-order valence-corrected chi connectivity index (χ2v) is 9.52. The second kappa shape index (κ2) is 10.4. The third-order valence-corrected chi connectivity index (χ3v) is 6.31. The van der Waals surface area contributed by atoms with Gasteiger partial charge in [-0.2, -0.15) is 0 Å².